The number of hydrogen-bond acceptors (Lipinski definition) is 4. The van der Waals surface area contributed by atoms with E-state index in [1.54, 1.807) is 24.3 Å². The van der Waals surface area contributed by atoms with Crippen molar-refractivity contribution in [2.45, 2.75) is 52.4 Å². The van der Waals surface area contributed by atoms with Crippen molar-refractivity contribution in [2.24, 2.45) is 29.1 Å². The van der Waals surface area contributed by atoms with Crippen LogP contribution in [0.3, 0.4) is 0 Å². The number of carbonyl (C=O) groups is 3. The van der Waals surface area contributed by atoms with E-state index in [2.05, 4.69) is 10.6 Å². The highest BCUT2D eigenvalue weighted by molar-refractivity contribution is 6.04. The molecule has 0 aliphatic heterocycles. The third-order valence-corrected chi connectivity index (χ3v) is 6.92. The van der Waals surface area contributed by atoms with Gasteiger partial charge >= 0.3 is 5.97 Å². The van der Waals surface area contributed by atoms with Crippen molar-refractivity contribution in [1.82, 2.24) is 5.32 Å². The fourth-order valence-electron chi connectivity index (χ4n) is 6.01. The number of hydrogen-bond donors (Lipinski definition) is 2. The van der Waals surface area contributed by atoms with Crippen molar-refractivity contribution in [3.8, 4) is 0 Å². The van der Waals surface area contributed by atoms with Gasteiger partial charge in [0.05, 0.1) is 16.7 Å². The maximum absolute atomic E-state index is 12.9. The minimum Gasteiger partial charge on any atom is -0.455 e. The summed E-state index contributed by atoms with van der Waals surface area (Å²) in [5.74, 6) is 1.42. The van der Waals surface area contributed by atoms with E-state index >= 15 is 0 Å². The van der Waals surface area contributed by atoms with Gasteiger partial charge < -0.3 is 15.4 Å². The molecule has 6 heteroatoms. The fourth-order valence-corrected chi connectivity index (χ4v) is 6.01. The summed E-state index contributed by atoms with van der Waals surface area (Å²) in [5, 5.41) is 5.59. The first kappa shape index (κ1) is 20.9. The maximum atomic E-state index is 12.9. The Bertz CT molecular complexity index is 797. The SMILES string of the molecule is CC(C)CNC(=O)c1ccccc1NC(=O)COC(=O)C12CC3CC(CC(C3)C1)C2. The zero-order chi connectivity index (χ0) is 21.3. The Morgan fingerprint density at radius 2 is 1.63 bits per heavy atom. The molecule has 0 heterocycles. The summed E-state index contributed by atoms with van der Waals surface area (Å²) in [6.45, 7) is 4.28. The molecule has 30 heavy (non-hydrogen) atoms. The van der Waals surface area contributed by atoms with Crippen LogP contribution in [0.4, 0.5) is 5.69 Å². The number of nitrogens with one attached hydrogen (secondary N) is 2. The normalized spacial score (nSPS) is 29.0. The minimum absolute atomic E-state index is 0.209. The molecule has 4 aliphatic rings. The van der Waals surface area contributed by atoms with E-state index in [1.165, 1.54) is 19.3 Å². The molecule has 6 nitrogen and oxygen atoms in total. The molecule has 1 aromatic rings. The molecule has 2 N–H and O–H groups in total. The molecule has 1 aromatic carbocycles. The molecule has 162 valence electrons. The molecule has 2 amide bonds. The second-order valence-electron chi connectivity index (χ2n) is 9.97. The smallest absolute Gasteiger partial charge is 0.312 e. The average Bonchev–Trinajstić information content (AvgIpc) is 2.69. The van der Waals surface area contributed by atoms with E-state index in [9.17, 15) is 14.4 Å². The number of para-hydroxylation sites is 1. The van der Waals surface area contributed by atoms with Crippen molar-refractivity contribution in [3.63, 3.8) is 0 Å². The number of carbonyl (C=O) groups excluding carboxylic acids is 3. The highest BCUT2D eigenvalue weighted by Gasteiger charge is 2.55. The predicted octanol–water partition coefficient (Wildman–Crippen LogP) is 3.77. The van der Waals surface area contributed by atoms with Gasteiger partial charge in [0.2, 0.25) is 0 Å². The summed E-state index contributed by atoms with van der Waals surface area (Å²) in [5.41, 5.74) is 0.456. The maximum Gasteiger partial charge on any atom is 0.312 e. The third kappa shape index (κ3) is 4.37. The molecule has 0 radical (unpaired) electrons. The second kappa shape index (κ2) is 8.40. The highest BCUT2D eigenvalue weighted by Crippen LogP contribution is 2.60. The predicted molar refractivity (Wildman–Crippen MR) is 114 cm³/mol. The van der Waals surface area contributed by atoms with Gasteiger partial charge in [-0.15, -0.1) is 0 Å². The average molecular weight is 413 g/mol. The first-order valence-electron chi connectivity index (χ1n) is 11.2. The molecular formula is C24H32N2O4. The van der Waals surface area contributed by atoms with Crippen LogP contribution in [0.1, 0.15) is 62.7 Å². The summed E-state index contributed by atoms with van der Waals surface area (Å²) in [6.07, 6.45) is 6.50. The molecule has 0 spiro atoms. The summed E-state index contributed by atoms with van der Waals surface area (Å²) in [7, 11) is 0. The monoisotopic (exact) mass is 412 g/mol. The lowest BCUT2D eigenvalue weighted by atomic mass is 9.49. The molecule has 0 saturated heterocycles. The van der Waals surface area contributed by atoms with E-state index in [1.807, 2.05) is 13.8 Å². The van der Waals surface area contributed by atoms with Crippen LogP contribution in [0, 0.1) is 29.1 Å². The molecule has 4 fully saturated rings. The Morgan fingerprint density at radius 3 is 2.23 bits per heavy atom. The van der Waals surface area contributed by atoms with E-state index in [0.29, 0.717) is 41.5 Å². The van der Waals surface area contributed by atoms with Crippen LogP contribution < -0.4 is 10.6 Å². The topological polar surface area (TPSA) is 84.5 Å². The number of rotatable bonds is 7. The molecule has 4 saturated carbocycles. The Morgan fingerprint density at radius 1 is 1.03 bits per heavy atom. The standard InChI is InChI=1S/C24H32N2O4/c1-15(2)13-25-22(28)19-5-3-4-6-20(19)26-21(27)14-30-23(29)24-10-16-7-17(11-24)9-18(8-16)12-24/h3-6,15-18H,7-14H2,1-2H3,(H,25,28)(H,26,27). The summed E-state index contributed by atoms with van der Waals surface area (Å²) in [4.78, 5) is 37.8. The van der Waals surface area contributed by atoms with E-state index in [0.717, 1.165) is 19.3 Å². The lowest BCUT2D eigenvalue weighted by molar-refractivity contribution is -0.172. The Balaban J connectivity index is 1.33. The summed E-state index contributed by atoms with van der Waals surface area (Å²) >= 11 is 0. The van der Waals surface area contributed by atoms with Gasteiger partial charge in [-0.05, 0) is 74.3 Å². The number of benzene rings is 1. The van der Waals surface area contributed by atoms with Crippen LogP contribution in [0.5, 0.6) is 0 Å². The Kier molecular flexibility index (Phi) is 5.85. The van der Waals surface area contributed by atoms with Gasteiger partial charge in [0.25, 0.3) is 11.8 Å². The molecule has 4 bridgehead atoms. The van der Waals surface area contributed by atoms with Crippen LogP contribution in [0.25, 0.3) is 0 Å². The van der Waals surface area contributed by atoms with Crippen molar-refractivity contribution in [2.75, 3.05) is 18.5 Å². The lowest BCUT2D eigenvalue weighted by Crippen LogP contribution is -2.50. The van der Waals surface area contributed by atoms with Crippen molar-refractivity contribution >= 4 is 23.5 Å². The van der Waals surface area contributed by atoms with E-state index in [4.69, 9.17) is 4.74 Å². The van der Waals surface area contributed by atoms with Gasteiger partial charge in [0.15, 0.2) is 6.61 Å². The molecule has 4 aliphatic carbocycles. The van der Waals surface area contributed by atoms with Gasteiger partial charge in [-0.2, -0.15) is 0 Å². The minimum atomic E-state index is -0.419. The number of amides is 2. The molecule has 0 atom stereocenters. The molecule has 5 rings (SSSR count). The zero-order valence-electron chi connectivity index (χ0n) is 17.9. The molecular weight excluding hydrogens is 380 g/mol. The van der Waals surface area contributed by atoms with Crippen LogP contribution >= 0.6 is 0 Å². The van der Waals surface area contributed by atoms with E-state index < -0.39 is 5.91 Å². The van der Waals surface area contributed by atoms with Crippen molar-refractivity contribution < 1.29 is 19.1 Å². The second-order valence-corrected chi connectivity index (χ2v) is 9.97. The lowest BCUT2D eigenvalue weighted by Gasteiger charge is -2.55. The zero-order valence-corrected chi connectivity index (χ0v) is 17.9. The van der Waals surface area contributed by atoms with Crippen LogP contribution in [-0.4, -0.2) is 30.9 Å². The third-order valence-electron chi connectivity index (χ3n) is 6.92. The van der Waals surface area contributed by atoms with Gasteiger partial charge in [-0.3, -0.25) is 14.4 Å². The van der Waals surface area contributed by atoms with Crippen LogP contribution in [0.2, 0.25) is 0 Å². The van der Waals surface area contributed by atoms with Crippen LogP contribution in [0.15, 0.2) is 24.3 Å². The Labute approximate surface area is 178 Å². The van der Waals surface area contributed by atoms with Crippen LogP contribution in [-0.2, 0) is 14.3 Å². The largest absolute Gasteiger partial charge is 0.455 e. The van der Waals surface area contributed by atoms with Gasteiger partial charge in [-0.25, -0.2) is 0 Å². The fraction of sp³-hybridized carbons (Fsp3) is 0.625. The first-order valence-corrected chi connectivity index (χ1v) is 11.2. The first-order chi connectivity index (χ1) is 14.3. The number of anilines is 1. The molecule has 0 aromatic heterocycles. The van der Waals surface area contributed by atoms with Gasteiger partial charge in [-0.1, -0.05) is 26.0 Å². The van der Waals surface area contributed by atoms with E-state index in [-0.39, 0.29) is 23.9 Å². The molecule has 0 unspecified atom stereocenters. The van der Waals surface area contributed by atoms with Crippen molar-refractivity contribution in [3.05, 3.63) is 29.8 Å². The highest BCUT2D eigenvalue weighted by atomic mass is 16.5. The van der Waals surface area contributed by atoms with Gasteiger partial charge in [0, 0.05) is 6.54 Å². The number of esters is 1. The number of ether oxygens (including phenoxy) is 1. The van der Waals surface area contributed by atoms with Crippen molar-refractivity contribution in [1.29, 1.82) is 0 Å². The summed E-state index contributed by atoms with van der Waals surface area (Å²) in [6, 6.07) is 6.87. The Hall–Kier alpha value is -2.37. The summed E-state index contributed by atoms with van der Waals surface area (Å²) < 4.78 is 5.49. The quantitative estimate of drug-likeness (QED) is 0.668. The van der Waals surface area contributed by atoms with Gasteiger partial charge in [0.1, 0.15) is 0 Å².